The molecule has 0 atom stereocenters. The molecule has 4 nitrogen and oxygen atoms in total. The van der Waals surface area contributed by atoms with E-state index >= 15 is 0 Å². The first-order valence-electron chi connectivity index (χ1n) is 6.45. The number of anilines is 1. The van der Waals surface area contributed by atoms with Gasteiger partial charge in [-0.2, -0.15) is 0 Å². The summed E-state index contributed by atoms with van der Waals surface area (Å²) in [6, 6.07) is 4.44. The molecule has 2 aromatic heterocycles. The van der Waals surface area contributed by atoms with Crippen molar-refractivity contribution in [2.45, 2.75) is 39.3 Å². The second-order valence-corrected chi connectivity index (χ2v) is 5.36. The van der Waals surface area contributed by atoms with Gasteiger partial charge in [0.05, 0.1) is 12.8 Å². The third-order valence-electron chi connectivity index (χ3n) is 3.61. The summed E-state index contributed by atoms with van der Waals surface area (Å²) < 4.78 is 5.44. The quantitative estimate of drug-likeness (QED) is 0.858. The zero-order chi connectivity index (χ0) is 13.4. The largest absolute Gasteiger partial charge is 0.467 e. The average molecular weight is 278 g/mol. The van der Waals surface area contributed by atoms with Crippen molar-refractivity contribution in [1.82, 2.24) is 10.2 Å². The molecule has 0 aromatic carbocycles. The summed E-state index contributed by atoms with van der Waals surface area (Å²) in [4.78, 5) is 2.27. The first-order valence-corrected chi connectivity index (χ1v) is 6.83. The maximum atomic E-state index is 6.02. The second kappa shape index (κ2) is 4.85. The van der Waals surface area contributed by atoms with Crippen molar-refractivity contribution in [2.24, 2.45) is 0 Å². The van der Waals surface area contributed by atoms with Crippen molar-refractivity contribution in [3.05, 3.63) is 40.4 Å². The second-order valence-electron chi connectivity index (χ2n) is 5.00. The van der Waals surface area contributed by atoms with Crippen molar-refractivity contribution >= 4 is 17.4 Å². The fourth-order valence-corrected chi connectivity index (χ4v) is 2.35. The third kappa shape index (κ3) is 2.45. The van der Waals surface area contributed by atoms with Gasteiger partial charge in [-0.15, -0.1) is 10.2 Å². The minimum Gasteiger partial charge on any atom is -0.467 e. The zero-order valence-corrected chi connectivity index (χ0v) is 11.8. The average Bonchev–Trinajstić information content (AvgIpc) is 3.12. The van der Waals surface area contributed by atoms with Gasteiger partial charge >= 0.3 is 0 Å². The van der Waals surface area contributed by atoms with Crippen LogP contribution in [0.3, 0.4) is 0 Å². The summed E-state index contributed by atoms with van der Waals surface area (Å²) in [6.45, 7) is 4.75. The van der Waals surface area contributed by atoms with Gasteiger partial charge in [-0.1, -0.05) is 11.6 Å². The van der Waals surface area contributed by atoms with Gasteiger partial charge in [0.2, 0.25) is 0 Å². The standard InChI is InChI=1S/C14H16ClN3O/c1-9-10(2)14(17-16-13(9)15)18(11-5-6-11)8-12-4-3-7-19-12/h3-4,7,11H,5-6,8H2,1-2H3. The Labute approximate surface area is 117 Å². The van der Waals surface area contributed by atoms with Crippen LogP contribution in [0.4, 0.5) is 5.82 Å². The SMILES string of the molecule is Cc1c(Cl)nnc(N(Cc2ccco2)C2CC2)c1C. The van der Waals surface area contributed by atoms with E-state index in [4.69, 9.17) is 16.0 Å². The molecule has 0 bridgehead atoms. The van der Waals surface area contributed by atoms with Gasteiger partial charge in [0.15, 0.2) is 11.0 Å². The van der Waals surface area contributed by atoms with Crippen LogP contribution in [0.5, 0.6) is 0 Å². The predicted molar refractivity (Wildman–Crippen MR) is 74.4 cm³/mol. The molecule has 100 valence electrons. The fraction of sp³-hybridized carbons (Fsp3) is 0.429. The smallest absolute Gasteiger partial charge is 0.155 e. The minimum atomic E-state index is 0.481. The maximum absolute atomic E-state index is 6.02. The lowest BCUT2D eigenvalue weighted by atomic mass is 10.2. The molecule has 1 fully saturated rings. The molecule has 1 saturated carbocycles. The van der Waals surface area contributed by atoms with Crippen LogP contribution in [-0.4, -0.2) is 16.2 Å². The van der Waals surface area contributed by atoms with Crippen molar-refractivity contribution in [2.75, 3.05) is 4.90 Å². The van der Waals surface area contributed by atoms with E-state index < -0.39 is 0 Å². The maximum Gasteiger partial charge on any atom is 0.155 e. The molecular weight excluding hydrogens is 262 g/mol. The Bertz CT molecular complexity index is 579. The molecular formula is C14H16ClN3O. The molecule has 2 heterocycles. The highest BCUT2D eigenvalue weighted by Gasteiger charge is 2.32. The highest BCUT2D eigenvalue weighted by Crippen LogP contribution is 2.35. The molecule has 0 amide bonds. The van der Waals surface area contributed by atoms with Gasteiger partial charge in [0, 0.05) is 6.04 Å². The molecule has 1 aliphatic carbocycles. The van der Waals surface area contributed by atoms with E-state index in [1.807, 2.05) is 26.0 Å². The normalized spacial score (nSPS) is 14.7. The van der Waals surface area contributed by atoms with Crippen molar-refractivity contribution < 1.29 is 4.42 Å². The molecule has 0 N–H and O–H groups in total. The van der Waals surface area contributed by atoms with Crippen molar-refractivity contribution in [3.63, 3.8) is 0 Å². The van der Waals surface area contributed by atoms with Gasteiger partial charge in [-0.3, -0.25) is 0 Å². The highest BCUT2D eigenvalue weighted by atomic mass is 35.5. The Kier molecular flexibility index (Phi) is 3.19. The van der Waals surface area contributed by atoms with E-state index in [-0.39, 0.29) is 0 Å². The van der Waals surface area contributed by atoms with Gasteiger partial charge in [0.1, 0.15) is 5.76 Å². The molecule has 1 aliphatic rings. The first kappa shape index (κ1) is 12.5. The molecule has 0 spiro atoms. The molecule has 0 radical (unpaired) electrons. The Balaban J connectivity index is 1.94. The summed E-state index contributed by atoms with van der Waals surface area (Å²) in [6.07, 6.45) is 4.10. The molecule has 5 heteroatoms. The molecule has 0 aliphatic heterocycles. The summed E-state index contributed by atoms with van der Waals surface area (Å²) in [5, 5.41) is 8.81. The van der Waals surface area contributed by atoms with E-state index in [0.717, 1.165) is 29.2 Å². The number of rotatable bonds is 4. The van der Waals surface area contributed by atoms with Crippen LogP contribution in [0.1, 0.15) is 29.7 Å². The summed E-state index contributed by atoms with van der Waals surface area (Å²) in [5.41, 5.74) is 2.09. The van der Waals surface area contributed by atoms with Gasteiger partial charge in [-0.25, -0.2) is 0 Å². The van der Waals surface area contributed by atoms with Crippen LogP contribution in [0.15, 0.2) is 22.8 Å². The monoisotopic (exact) mass is 277 g/mol. The predicted octanol–water partition coefficient (Wildman–Crippen LogP) is 3.51. The first-order chi connectivity index (χ1) is 9.16. The highest BCUT2D eigenvalue weighted by molar-refractivity contribution is 6.30. The number of hydrogen-bond donors (Lipinski definition) is 0. The van der Waals surface area contributed by atoms with Crippen LogP contribution in [0, 0.1) is 13.8 Å². The minimum absolute atomic E-state index is 0.481. The lowest BCUT2D eigenvalue weighted by molar-refractivity contribution is 0.499. The lowest BCUT2D eigenvalue weighted by Gasteiger charge is -2.24. The molecule has 0 saturated heterocycles. The van der Waals surface area contributed by atoms with E-state index in [0.29, 0.717) is 11.2 Å². The van der Waals surface area contributed by atoms with E-state index in [1.54, 1.807) is 6.26 Å². The van der Waals surface area contributed by atoms with E-state index in [2.05, 4.69) is 15.1 Å². The number of halogens is 1. The zero-order valence-electron chi connectivity index (χ0n) is 11.1. The van der Waals surface area contributed by atoms with Gasteiger partial charge < -0.3 is 9.32 Å². The number of aromatic nitrogens is 2. The molecule has 0 unspecified atom stereocenters. The number of nitrogens with zero attached hydrogens (tertiary/aromatic N) is 3. The molecule has 2 aromatic rings. The summed E-state index contributed by atoms with van der Waals surface area (Å²) in [5.74, 6) is 1.86. The van der Waals surface area contributed by atoms with E-state index in [9.17, 15) is 0 Å². The van der Waals surface area contributed by atoms with E-state index in [1.165, 1.54) is 12.8 Å². The Morgan fingerprint density at radius 1 is 1.32 bits per heavy atom. The van der Waals surface area contributed by atoms with Gasteiger partial charge in [0.25, 0.3) is 0 Å². The molecule has 3 rings (SSSR count). The Hall–Kier alpha value is -1.55. The lowest BCUT2D eigenvalue weighted by Crippen LogP contribution is -2.27. The number of furan rings is 1. The topological polar surface area (TPSA) is 42.2 Å². The third-order valence-corrected chi connectivity index (χ3v) is 3.96. The number of hydrogen-bond acceptors (Lipinski definition) is 4. The van der Waals surface area contributed by atoms with Crippen LogP contribution in [0.2, 0.25) is 5.15 Å². The Morgan fingerprint density at radius 2 is 2.11 bits per heavy atom. The summed E-state index contributed by atoms with van der Waals surface area (Å²) >= 11 is 6.02. The van der Waals surface area contributed by atoms with Crippen molar-refractivity contribution in [1.29, 1.82) is 0 Å². The molecule has 19 heavy (non-hydrogen) atoms. The fourth-order valence-electron chi connectivity index (χ4n) is 2.17. The van der Waals surface area contributed by atoms with Crippen LogP contribution in [-0.2, 0) is 6.54 Å². The van der Waals surface area contributed by atoms with Gasteiger partial charge in [-0.05, 0) is 49.9 Å². The van der Waals surface area contributed by atoms with Crippen LogP contribution >= 0.6 is 11.6 Å². The van der Waals surface area contributed by atoms with Crippen molar-refractivity contribution in [3.8, 4) is 0 Å². The Morgan fingerprint density at radius 3 is 2.74 bits per heavy atom. The van der Waals surface area contributed by atoms with Crippen LogP contribution in [0.25, 0.3) is 0 Å². The van der Waals surface area contributed by atoms with Crippen LogP contribution < -0.4 is 4.90 Å². The summed E-state index contributed by atoms with van der Waals surface area (Å²) in [7, 11) is 0.